The van der Waals surface area contributed by atoms with Crippen molar-refractivity contribution < 1.29 is 19.1 Å². The van der Waals surface area contributed by atoms with Gasteiger partial charge in [0.1, 0.15) is 0 Å². The second kappa shape index (κ2) is 8.75. The molecule has 0 saturated carbocycles. The van der Waals surface area contributed by atoms with Gasteiger partial charge in [-0.3, -0.25) is 9.59 Å². The number of hydrogen-bond donors (Lipinski definition) is 1. The highest BCUT2D eigenvalue weighted by molar-refractivity contribution is 6.32. The third kappa shape index (κ3) is 4.64. The van der Waals surface area contributed by atoms with Crippen molar-refractivity contribution in [3.63, 3.8) is 0 Å². The minimum absolute atomic E-state index is 0.0747. The van der Waals surface area contributed by atoms with Crippen LogP contribution in [0.15, 0.2) is 34.7 Å². The monoisotopic (exact) mass is 485 g/mol. The summed E-state index contributed by atoms with van der Waals surface area (Å²) in [4.78, 5) is 27.0. The van der Waals surface area contributed by atoms with E-state index in [0.29, 0.717) is 47.1 Å². The molecule has 5 nitrogen and oxygen atoms in total. The minimum Gasteiger partial charge on any atom is -0.490 e. The maximum Gasteiger partial charge on any atom is 0.180 e. The summed E-state index contributed by atoms with van der Waals surface area (Å²) in [5.41, 5.74) is 3.79. The summed E-state index contributed by atoms with van der Waals surface area (Å²) in [6.07, 6.45) is 2.35. The van der Waals surface area contributed by atoms with E-state index in [4.69, 9.17) is 21.1 Å². The molecule has 0 aromatic heterocycles. The second-order valence-corrected chi connectivity index (χ2v) is 12.1. The Hall–Kier alpha value is -2.27. The zero-order valence-electron chi connectivity index (χ0n) is 21.4. The van der Waals surface area contributed by atoms with E-state index < -0.39 is 5.92 Å². The first-order valence-corrected chi connectivity index (χ1v) is 12.6. The van der Waals surface area contributed by atoms with Crippen molar-refractivity contribution in [3.05, 3.63) is 45.3 Å². The summed E-state index contributed by atoms with van der Waals surface area (Å²) < 4.78 is 11.9. The molecule has 0 saturated heterocycles. The van der Waals surface area contributed by atoms with Gasteiger partial charge in [0.05, 0.1) is 17.7 Å². The van der Waals surface area contributed by atoms with Crippen molar-refractivity contribution in [2.75, 3.05) is 6.61 Å². The van der Waals surface area contributed by atoms with Gasteiger partial charge in [-0.25, -0.2) is 0 Å². The van der Waals surface area contributed by atoms with Crippen molar-refractivity contribution in [2.45, 2.75) is 86.2 Å². The zero-order chi connectivity index (χ0) is 25.0. The van der Waals surface area contributed by atoms with Gasteiger partial charge in [-0.05, 0) is 62.1 Å². The number of ketones is 2. The molecule has 0 atom stereocenters. The largest absolute Gasteiger partial charge is 0.490 e. The first kappa shape index (κ1) is 24.8. The molecule has 1 aliphatic heterocycles. The highest BCUT2D eigenvalue weighted by Gasteiger charge is 2.46. The predicted molar refractivity (Wildman–Crippen MR) is 134 cm³/mol. The van der Waals surface area contributed by atoms with Gasteiger partial charge in [0.25, 0.3) is 0 Å². The normalized spacial score (nSPS) is 21.9. The van der Waals surface area contributed by atoms with Crippen molar-refractivity contribution >= 4 is 23.2 Å². The maximum absolute atomic E-state index is 13.5. The Morgan fingerprint density at radius 3 is 1.97 bits per heavy atom. The van der Waals surface area contributed by atoms with E-state index in [1.807, 2.05) is 32.9 Å². The molecule has 0 radical (unpaired) electrons. The molecule has 184 valence electrons. The second-order valence-electron chi connectivity index (χ2n) is 11.7. The predicted octanol–water partition coefficient (Wildman–Crippen LogP) is 6.50. The summed E-state index contributed by atoms with van der Waals surface area (Å²) in [6, 6.07) is 3.74. The lowest BCUT2D eigenvalue weighted by atomic mass is 9.64. The molecule has 0 bridgehead atoms. The molecule has 1 aromatic carbocycles. The number of carbonyl (C=O) groups excluding carboxylic acids is 2. The topological polar surface area (TPSA) is 64.6 Å². The first-order valence-electron chi connectivity index (χ1n) is 12.2. The number of benzene rings is 1. The van der Waals surface area contributed by atoms with Crippen LogP contribution in [0.3, 0.4) is 0 Å². The Kier molecular flexibility index (Phi) is 6.39. The summed E-state index contributed by atoms with van der Waals surface area (Å²) >= 11 is 6.72. The molecular formula is C28H36ClNO4. The molecule has 0 spiro atoms. The Balaban J connectivity index is 1.93. The number of rotatable bonds is 5. The quantitative estimate of drug-likeness (QED) is 0.515. The number of ether oxygens (including phenoxy) is 2. The van der Waals surface area contributed by atoms with Crippen LogP contribution >= 0.6 is 11.6 Å². The van der Waals surface area contributed by atoms with Crippen LogP contribution in [0.1, 0.15) is 85.6 Å². The number of carbonyl (C=O) groups is 2. The molecule has 3 aliphatic rings. The van der Waals surface area contributed by atoms with Gasteiger partial charge in [0.2, 0.25) is 0 Å². The van der Waals surface area contributed by atoms with Gasteiger partial charge in [-0.1, -0.05) is 39.3 Å². The fourth-order valence-electron chi connectivity index (χ4n) is 5.59. The van der Waals surface area contributed by atoms with Crippen LogP contribution in [-0.4, -0.2) is 24.3 Å². The van der Waals surface area contributed by atoms with Crippen molar-refractivity contribution in [1.82, 2.24) is 5.32 Å². The summed E-state index contributed by atoms with van der Waals surface area (Å²) in [6.45, 7) is 14.7. The van der Waals surface area contributed by atoms with Crippen LogP contribution in [0.25, 0.3) is 0 Å². The lowest BCUT2D eigenvalue weighted by Gasteiger charge is -2.44. The van der Waals surface area contributed by atoms with Gasteiger partial charge < -0.3 is 14.8 Å². The molecule has 6 heteroatoms. The molecule has 1 aromatic rings. The van der Waals surface area contributed by atoms with Gasteiger partial charge in [-0.15, -0.1) is 0 Å². The van der Waals surface area contributed by atoms with Crippen molar-refractivity contribution in [3.8, 4) is 11.5 Å². The lowest BCUT2D eigenvalue weighted by molar-refractivity contribution is -0.119. The number of nitrogens with one attached hydrogen (secondary N) is 1. The standard InChI is InChI=1S/C28H36ClNO4/c1-8-33-22-10-16(9-17(29)26(22)34-15(2)3)23-24-18(11-27(4,5)13-20(24)31)30-19-12-28(6,7)14-21(32)25(19)23/h9-10,15,23,30H,8,11-14H2,1-7H3. The molecule has 34 heavy (non-hydrogen) atoms. The molecule has 4 rings (SSSR count). The van der Waals surface area contributed by atoms with E-state index in [0.717, 1.165) is 29.8 Å². The molecule has 0 unspecified atom stereocenters. The molecular weight excluding hydrogens is 450 g/mol. The highest BCUT2D eigenvalue weighted by atomic mass is 35.5. The van der Waals surface area contributed by atoms with Crippen molar-refractivity contribution in [2.24, 2.45) is 10.8 Å². The fourth-order valence-corrected chi connectivity index (χ4v) is 5.85. The van der Waals surface area contributed by atoms with Crippen LogP contribution in [-0.2, 0) is 9.59 Å². The number of halogens is 1. The average Bonchev–Trinajstić information content (AvgIpc) is 2.66. The van der Waals surface area contributed by atoms with Gasteiger partial charge in [0.15, 0.2) is 23.1 Å². The Morgan fingerprint density at radius 2 is 1.50 bits per heavy atom. The number of Topliss-reactive ketones (excluding diaryl/α,β-unsaturated/α-hetero) is 2. The van der Waals surface area contributed by atoms with Crippen LogP contribution in [0.5, 0.6) is 11.5 Å². The third-order valence-electron chi connectivity index (χ3n) is 6.74. The Morgan fingerprint density at radius 1 is 0.971 bits per heavy atom. The zero-order valence-corrected chi connectivity index (χ0v) is 22.1. The number of allylic oxidation sites excluding steroid dienone is 4. The molecule has 1 N–H and O–H groups in total. The Labute approximate surface area is 207 Å². The maximum atomic E-state index is 13.5. The molecule has 0 fully saturated rings. The van der Waals surface area contributed by atoms with E-state index in [-0.39, 0.29) is 28.5 Å². The molecule has 0 amide bonds. The highest BCUT2D eigenvalue weighted by Crippen LogP contribution is 2.52. The third-order valence-corrected chi connectivity index (χ3v) is 7.02. The van der Waals surface area contributed by atoms with E-state index >= 15 is 0 Å². The Bertz CT molecular complexity index is 1060. The lowest BCUT2D eigenvalue weighted by Crippen LogP contribution is -2.42. The molecule has 2 aliphatic carbocycles. The van der Waals surface area contributed by atoms with E-state index in [9.17, 15) is 9.59 Å². The minimum atomic E-state index is -0.455. The van der Waals surface area contributed by atoms with Crippen LogP contribution in [0.4, 0.5) is 0 Å². The van der Waals surface area contributed by atoms with E-state index in [1.165, 1.54) is 0 Å². The summed E-state index contributed by atoms with van der Waals surface area (Å²) in [7, 11) is 0. The number of hydrogen-bond acceptors (Lipinski definition) is 5. The van der Waals surface area contributed by atoms with E-state index in [2.05, 4.69) is 33.0 Å². The SMILES string of the molecule is CCOc1cc(C2C3=C(CC(C)(C)CC3=O)NC3=C2C(=O)CC(C)(C)C3)cc(Cl)c1OC(C)C. The molecule has 1 heterocycles. The van der Waals surface area contributed by atoms with Gasteiger partial charge >= 0.3 is 0 Å². The summed E-state index contributed by atoms with van der Waals surface area (Å²) in [5.74, 6) is 0.748. The number of dihydropyridines is 1. The van der Waals surface area contributed by atoms with E-state index in [1.54, 1.807) is 0 Å². The van der Waals surface area contributed by atoms with Gasteiger partial charge in [-0.2, -0.15) is 0 Å². The van der Waals surface area contributed by atoms with Crippen LogP contribution in [0.2, 0.25) is 5.02 Å². The van der Waals surface area contributed by atoms with Crippen LogP contribution < -0.4 is 14.8 Å². The first-order chi connectivity index (χ1) is 15.8. The van der Waals surface area contributed by atoms with Crippen LogP contribution in [0, 0.1) is 10.8 Å². The summed E-state index contributed by atoms with van der Waals surface area (Å²) in [5, 5.41) is 3.97. The average molecular weight is 486 g/mol. The van der Waals surface area contributed by atoms with Gasteiger partial charge in [0, 0.05) is 41.3 Å². The smallest absolute Gasteiger partial charge is 0.180 e. The fraction of sp³-hybridized carbons (Fsp3) is 0.571. The van der Waals surface area contributed by atoms with Crippen molar-refractivity contribution in [1.29, 1.82) is 0 Å².